The Morgan fingerprint density at radius 1 is 0.944 bits per heavy atom. The maximum atomic E-state index is 5.68. The van der Waals surface area contributed by atoms with Crippen LogP contribution < -0.4 is 4.74 Å². The van der Waals surface area contributed by atoms with Crippen molar-refractivity contribution in [3.05, 3.63) is 30.3 Å². The molecule has 0 aliphatic carbocycles. The van der Waals surface area contributed by atoms with Gasteiger partial charge in [0, 0.05) is 19.6 Å². The maximum Gasteiger partial charge on any atom is 0.119 e. The molecule has 0 aliphatic rings. The van der Waals surface area contributed by atoms with E-state index in [4.69, 9.17) is 4.74 Å². The van der Waals surface area contributed by atoms with Gasteiger partial charge in [0.15, 0.2) is 0 Å². The van der Waals surface area contributed by atoms with E-state index in [1.807, 2.05) is 30.3 Å². The van der Waals surface area contributed by atoms with Crippen LogP contribution in [-0.2, 0) is 0 Å². The van der Waals surface area contributed by atoms with Crippen LogP contribution in [0.15, 0.2) is 30.3 Å². The molecule has 1 aromatic rings. The third-order valence-corrected chi connectivity index (χ3v) is 3.18. The van der Waals surface area contributed by atoms with Crippen molar-refractivity contribution in [2.75, 3.05) is 46.4 Å². The van der Waals surface area contributed by atoms with Gasteiger partial charge in [-0.05, 0) is 32.3 Å². The summed E-state index contributed by atoms with van der Waals surface area (Å²) in [4.78, 5) is 4.76. The minimum absolute atomic E-state index is 0.749. The van der Waals surface area contributed by atoms with E-state index in [2.05, 4.69) is 30.7 Å². The van der Waals surface area contributed by atoms with Gasteiger partial charge >= 0.3 is 0 Å². The van der Waals surface area contributed by atoms with Gasteiger partial charge in [-0.3, -0.25) is 0 Å². The first-order valence-corrected chi connectivity index (χ1v) is 6.85. The summed E-state index contributed by atoms with van der Waals surface area (Å²) in [7, 11) is 2.15. The highest BCUT2D eigenvalue weighted by Crippen LogP contribution is 2.07. The van der Waals surface area contributed by atoms with E-state index in [1.165, 1.54) is 0 Å². The second-order valence-electron chi connectivity index (χ2n) is 4.49. The molecule has 0 N–H and O–H groups in total. The molecule has 0 fully saturated rings. The molecule has 102 valence electrons. The summed E-state index contributed by atoms with van der Waals surface area (Å²) in [5.41, 5.74) is 0. The van der Waals surface area contributed by atoms with Crippen molar-refractivity contribution in [3.8, 4) is 5.75 Å². The number of hydrogen-bond donors (Lipinski definition) is 0. The van der Waals surface area contributed by atoms with Crippen LogP contribution in [0.1, 0.15) is 13.8 Å². The number of nitrogens with zero attached hydrogens (tertiary/aromatic N) is 2. The lowest BCUT2D eigenvalue weighted by molar-refractivity contribution is 0.206. The number of para-hydroxylation sites is 1. The summed E-state index contributed by atoms with van der Waals surface area (Å²) in [6.45, 7) is 10.6. The molecule has 3 heteroatoms. The van der Waals surface area contributed by atoms with Crippen LogP contribution in [0.3, 0.4) is 0 Å². The number of rotatable bonds is 9. The molecule has 0 aromatic heterocycles. The van der Waals surface area contributed by atoms with E-state index in [1.54, 1.807) is 0 Å². The second-order valence-corrected chi connectivity index (χ2v) is 4.49. The van der Waals surface area contributed by atoms with E-state index in [0.29, 0.717) is 0 Å². The van der Waals surface area contributed by atoms with Gasteiger partial charge in [-0.15, -0.1) is 0 Å². The summed E-state index contributed by atoms with van der Waals surface area (Å²) < 4.78 is 5.68. The average Bonchev–Trinajstić information content (AvgIpc) is 2.41. The molecule has 0 unspecified atom stereocenters. The van der Waals surface area contributed by atoms with Crippen molar-refractivity contribution in [2.45, 2.75) is 13.8 Å². The molecule has 0 radical (unpaired) electrons. The van der Waals surface area contributed by atoms with Gasteiger partial charge in [0.25, 0.3) is 0 Å². The predicted octanol–water partition coefficient (Wildman–Crippen LogP) is 2.34. The molecule has 0 saturated carbocycles. The fraction of sp³-hybridized carbons (Fsp3) is 0.600. The van der Waals surface area contributed by atoms with Crippen LogP contribution in [0, 0.1) is 0 Å². The first-order chi connectivity index (χ1) is 8.76. The van der Waals surface area contributed by atoms with Gasteiger partial charge in [-0.1, -0.05) is 32.0 Å². The van der Waals surface area contributed by atoms with Gasteiger partial charge in [-0.25, -0.2) is 0 Å². The van der Waals surface area contributed by atoms with Crippen LogP contribution in [0.25, 0.3) is 0 Å². The Bertz CT molecular complexity index is 299. The summed E-state index contributed by atoms with van der Waals surface area (Å²) >= 11 is 0. The predicted molar refractivity (Wildman–Crippen MR) is 77.2 cm³/mol. The molecular formula is C15H26N2O. The van der Waals surface area contributed by atoms with Crippen LogP contribution in [0.5, 0.6) is 5.75 Å². The van der Waals surface area contributed by atoms with Crippen LogP contribution >= 0.6 is 0 Å². The van der Waals surface area contributed by atoms with E-state index in [9.17, 15) is 0 Å². The van der Waals surface area contributed by atoms with Crippen molar-refractivity contribution >= 4 is 0 Å². The third kappa shape index (κ3) is 6.03. The first kappa shape index (κ1) is 15.0. The normalized spacial score (nSPS) is 11.2. The Morgan fingerprint density at radius 2 is 1.61 bits per heavy atom. The molecule has 0 amide bonds. The molecule has 1 aromatic carbocycles. The van der Waals surface area contributed by atoms with Crippen LogP contribution in [0.2, 0.25) is 0 Å². The molecule has 3 nitrogen and oxygen atoms in total. The molecule has 18 heavy (non-hydrogen) atoms. The maximum absolute atomic E-state index is 5.68. The number of ether oxygens (including phenoxy) is 1. The van der Waals surface area contributed by atoms with Crippen molar-refractivity contribution in [3.63, 3.8) is 0 Å². The number of hydrogen-bond acceptors (Lipinski definition) is 3. The lowest BCUT2D eigenvalue weighted by Crippen LogP contribution is -2.34. The Balaban J connectivity index is 2.12. The van der Waals surface area contributed by atoms with Gasteiger partial charge in [0.05, 0.1) is 0 Å². The molecule has 0 saturated heterocycles. The standard InChI is InChI=1S/C15H26N2O/c1-4-17(5-2)12-11-16(3)13-14-18-15-9-7-6-8-10-15/h6-10H,4-5,11-14H2,1-3H3. The lowest BCUT2D eigenvalue weighted by atomic mass is 10.3. The zero-order valence-corrected chi connectivity index (χ0v) is 11.9. The SMILES string of the molecule is CCN(CC)CCN(C)CCOc1ccccc1. The van der Waals surface area contributed by atoms with Gasteiger partial charge in [-0.2, -0.15) is 0 Å². The van der Waals surface area contributed by atoms with Crippen LogP contribution in [-0.4, -0.2) is 56.2 Å². The molecule has 0 bridgehead atoms. The van der Waals surface area contributed by atoms with Crippen LogP contribution in [0.4, 0.5) is 0 Å². The molecule has 0 spiro atoms. The Hall–Kier alpha value is -1.06. The Kier molecular flexibility index (Phi) is 7.46. The highest BCUT2D eigenvalue weighted by molar-refractivity contribution is 5.20. The largest absolute Gasteiger partial charge is 0.492 e. The lowest BCUT2D eigenvalue weighted by Gasteiger charge is -2.23. The summed E-state index contributed by atoms with van der Waals surface area (Å²) in [6.07, 6.45) is 0. The van der Waals surface area contributed by atoms with Crippen molar-refractivity contribution in [2.24, 2.45) is 0 Å². The topological polar surface area (TPSA) is 15.7 Å². The van der Waals surface area contributed by atoms with E-state index < -0.39 is 0 Å². The molecule has 1 rings (SSSR count). The second kappa shape index (κ2) is 8.95. The Labute approximate surface area is 111 Å². The quantitative estimate of drug-likeness (QED) is 0.669. The minimum Gasteiger partial charge on any atom is -0.492 e. The first-order valence-electron chi connectivity index (χ1n) is 6.85. The zero-order valence-electron chi connectivity index (χ0n) is 11.9. The summed E-state index contributed by atoms with van der Waals surface area (Å²) in [6, 6.07) is 9.99. The Morgan fingerprint density at radius 3 is 2.22 bits per heavy atom. The van der Waals surface area contributed by atoms with Gasteiger partial charge < -0.3 is 14.5 Å². The van der Waals surface area contributed by atoms with E-state index in [0.717, 1.165) is 45.1 Å². The van der Waals surface area contributed by atoms with Gasteiger partial charge in [0.1, 0.15) is 12.4 Å². The summed E-state index contributed by atoms with van der Waals surface area (Å²) in [5, 5.41) is 0. The van der Waals surface area contributed by atoms with Crippen molar-refractivity contribution in [1.29, 1.82) is 0 Å². The minimum atomic E-state index is 0.749. The number of benzene rings is 1. The van der Waals surface area contributed by atoms with Crippen molar-refractivity contribution < 1.29 is 4.74 Å². The third-order valence-electron chi connectivity index (χ3n) is 3.18. The molecule has 0 aliphatic heterocycles. The number of likely N-dealkylation sites (N-methyl/N-ethyl adjacent to an activating group) is 2. The van der Waals surface area contributed by atoms with Gasteiger partial charge in [0.2, 0.25) is 0 Å². The van der Waals surface area contributed by atoms with E-state index >= 15 is 0 Å². The fourth-order valence-corrected chi connectivity index (χ4v) is 1.80. The highest BCUT2D eigenvalue weighted by Gasteiger charge is 2.02. The molecule has 0 heterocycles. The smallest absolute Gasteiger partial charge is 0.119 e. The monoisotopic (exact) mass is 250 g/mol. The van der Waals surface area contributed by atoms with Crippen molar-refractivity contribution in [1.82, 2.24) is 9.80 Å². The average molecular weight is 250 g/mol. The summed E-state index contributed by atoms with van der Waals surface area (Å²) in [5.74, 6) is 0.953. The molecular weight excluding hydrogens is 224 g/mol. The molecule has 0 atom stereocenters. The van der Waals surface area contributed by atoms with E-state index in [-0.39, 0.29) is 0 Å². The fourth-order valence-electron chi connectivity index (χ4n) is 1.80. The zero-order chi connectivity index (χ0) is 13.2. The highest BCUT2D eigenvalue weighted by atomic mass is 16.5.